The molecule has 5 nitrogen and oxygen atoms in total. The Morgan fingerprint density at radius 1 is 1.32 bits per heavy atom. The van der Waals surface area contributed by atoms with Crippen molar-refractivity contribution in [1.82, 2.24) is 9.21 Å². The Hall–Kier alpha value is -1.41. The smallest absolute Gasteiger partial charge is 0.253 e. The Balaban J connectivity index is 1.75. The lowest BCUT2D eigenvalue weighted by Gasteiger charge is -2.27. The zero-order chi connectivity index (χ0) is 18.0. The van der Waals surface area contributed by atoms with Gasteiger partial charge in [0.1, 0.15) is 10.3 Å². The fourth-order valence-corrected chi connectivity index (χ4v) is 5.89. The summed E-state index contributed by atoms with van der Waals surface area (Å²) < 4.78 is 27.2. The molecule has 1 fully saturated rings. The van der Waals surface area contributed by atoms with Crippen LogP contribution in [0.15, 0.2) is 46.0 Å². The summed E-state index contributed by atoms with van der Waals surface area (Å²) in [5.74, 6) is -0.174. The van der Waals surface area contributed by atoms with Crippen molar-refractivity contribution in [2.45, 2.75) is 29.6 Å². The largest absolute Gasteiger partial charge is 0.340 e. The van der Waals surface area contributed by atoms with Gasteiger partial charge in [-0.25, -0.2) is 8.42 Å². The molecule has 1 atom stereocenters. The van der Waals surface area contributed by atoms with E-state index < -0.39 is 16.1 Å². The van der Waals surface area contributed by atoms with Crippen molar-refractivity contribution in [3.63, 3.8) is 0 Å². The summed E-state index contributed by atoms with van der Waals surface area (Å²) in [5, 5.41) is 2.37. The highest BCUT2D eigenvalue weighted by Gasteiger charge is 2.40. The van der Waals surface area contributed by atoms with Gasteiger partial charge in [-0.15, -0.1) is 11.3 Å². The van der Waals surface area contributed by atoms with Gasteiger partial charge in [0.25, 0.3) is 10.0 Å². The topological polar surface area (TPSA) is 57.7 Å². The summed E-state index contributed by atoms with van der Waals surface area (Å²) in [4.78, 5) is 14.4. The maximum absolute atomic E-state index is 12.8. The molecular weight excluding hydrogens is 380 g/mol. The number of amides is 1. The van der Waals surface area contributed by atoms with Crippen LogP contribution in [0.1, 0.15) is 18.4 Å². The van der Waals surface area contributed by atoms with E-state index in [0.717, 1.165) is 5.56 Å². The number of hydrogen-bond acceptors (Lipinski definition) is 4. The van der Waals surface area contributed by atoms with Crippen LogP contribution in [-0.4, -0.2) is 43.2 Å². The predicted molar refractivity (Wildman–Crippen MR) is 99.2 cm³/mol. The van der Waals surface area contributed by atoms with Crippen LogP contribution in [-0.2, 0) is 21.4 Å². The van der Waals surface area contributed by atoms with Gasteiger partial charge in [0.15, 0.2) is 0 Å². The first-order valence-electron chi connectivity index (χ1n) is 7.94. The van der Waals surface area contributed by atoms with E-state index in [0.29, 0.717) is 31.0 Å². The summed E-state index contributed by atoms with van der Waals surface area (Å²) in [6, 6.07) is 9.93. The molecule has 3 rings (SSSR count). The van der Waals surface area contributed by atoms with Crippen molar-refractivity contribution in [3.05, 3.63) is 52.4 Å². The molecule has 8 heteroatoms. The molecule has 1 amide bonds. The van der Waals surface area contributed by atoms with Gasteiger partial charge in [-0.05, 0) is 42.0 Å². The Bertz CT molecular complexity index is 835. The second kappa shape index (κ2) is 7.45. The second-order valence-electron chi connectivity index (χ2n) is 6.03. The molecule has 0 aliphatic carbocycles. The minimum atomic E-state index is -3.61. The molecule has 2 heterocycles. The molecule has 2 aromatic rings. The first-order chi connectivity index (χ1) is 11.9. The SMILES string of the molecule is CN(Cc1ccc(Cl)cc1)C(=O)C1CCCN1S(=O)(=O)c1cccs1. The number of sulfonamides is 1. The zero-order valence-electron chi connectivity index (χ0n) is 13.8. The van der Waals surface area contributed by atoms with Gasteiger partial charge in [-0.2, -0.15) is 4.31 Å². The number of hydrogen-bond donors (Lipinski definition) is 0. The first kappa shape index (κ1) is 18.4. The Kier molecular flexibility index (Phi) is 5.48. The number of nitrogens with zero attached hydrogens (tertiary/aromatic N) is 2. The van der Waals surface area contributed by atoms with Gasteiger partial charge in [0.05, 0.1) is 0 Å². The van der Waals surface area contributed by atoms with Gasteiger partial charge < -0.3 is 4.90 Å². The quantitative estimate of drug-likeness (QED) is 0.777. The van der Waals surface area contributed by atoms with Gasteiger partial charge in [-0.3, -0.25) is 4.79 Å². The number of carbonyl (C=O) groups is 1. The fraction of sp³-hybridized carbons (Fsp3) is 0.353. The van der Waals surface area contributed by atoms with E-state index in [1.165, 1.54) is 15.6 Å². The lowest BCUT2D eigenvalue weighted by molar-refractivity contribution is -0.133. The van der Waals surface area contributed by atoms with Crippen LogP contribution in [0.5, 0.6) is 0 Å². The van der Waals surface area contributed by atoms with E-state index in [4.69, 9.17) is 11.6 Å². The van der Waals surface area contributed by atoms with Crippen LogP contribution in [0.2, 0.25) is 5.02 Å². The molecule has 0 N–H and O–H groups in total. The van der Waals surface area contributed by atoms with Crippen LogP contribution in [0.4, 0.5) is 0 Å². The number of likely N-dealkylation sites (N-methyl/N-ethyl adjacent to an activating group) is 1. The van der Waals surface area contributed by atoms with E-state index in [1.807, 2.05) is 12.1 Å². The molecule has 1 unspecified atom stereocenters. The maximum Gasteiger partial charge on any atom is 0.253 e. The highest BCUT2D eigenvalue weighted by molar-refractivity contribution is 7.91. The van der Waals surface area contributed by atoms with Crippen LogP contribution < -0.4 is 0 Å². The standard InChI is InChI=1S/C17H19ClN2O3S2/c1-19(12-13-6-8-14(18)9-7-13)17(21)15-4-2-10-20(15)25(22,23)16-5-3-11-24-16/h3,5-9,11,15H,2,4,10,12H2,1H3. The highest BCUT2D eigenvalue weighted by atomic mass is 35.5. The predicted octanol–water partition coefficient (Wildman–Crippen LogP) is 3.21. The number of halogens is 1. The normalized spacial score (nSPS) is 18.4. The summed E-state index contributed by atoms with van der Waals surface area (Å²) in [7, 11) is -1.92. The van der Waals surface area contributed by atoms with Gasteiger partial charge >= 0.3 is 0 Å². The van der Waals surface area contributed by atoms with E-state index in [1.54, 1.807) is 41.6 Å². The van der Waals surface area contributed by atoms with Gasteiger partial charge in [0, 0.05) is 25.2 Å². The van der Waals surface area contributed by atoms with Gasteiger partial charge in [0.2, 0.25) is 5.91 Å². The molecule has 0 spiro atoms. The summed E-state index contributed by atoms with van der Waals surface area (Å²) in [5.41, 5.74) is 0.950. The molecule has 0 saturated carbocycles. The fourth-order valence-electron chi connectivity index (χ4n) is 3.00. The van der Waals surface area contributed by atoms with Crippen LogP contribution in [0.3, 0.4) is 0 Å². The van der Waals surface area contributed by atoms with Gasteiger partial charge in [-0.1, -0.05) is 29.8 Å². The van der Waals surface area contributed by atoms with Crippen molar-refractivity contribution in [2.75, 3.05) is 13.6 Å². The lowest BCUT2D eigenvalue weighted by Crippen LogP contribution is -2.46. The molecule has 0 bridgehead atoms. The Labute approximate surface area is 156 Å². The lowest BCUT2D eigenvalue weighted by atomic mass is 10.1. The molecule has 1 aliphatic heterocycles. The molecular formula is C17H19ClN2O3S2. The van der Waals surface area contributed by atoms with Crippen molar-refractivity contribution < 1.29 is 13.2 Å². The van der Waals surface area contributed by atoms with E-state index in [2.05, 4.69) is 0 Å². The second-order valence-corrected chi connectivity index (χ2v) is 9.53. The van der Waals surface area contributed by atoms with Crippen LogP contribution in [0.25, 0.3) is 0 Å². The average Bonchev–Trinajstić information content (AvgIpc) is 3.28. The number of thiophene rings is 1. The third kappa shape index (κ3) is 3.89. The molecule has 1 aliphatic rings. The van der Waals surface area contributed by atoms with Crippen molar-refractivity contribution >= 4 is 38.9 Å². The number of benzene rings is 1. The highest BCUT2D eigenvalue weighted by Crippen LogP contribution is 2.29. The minimum Gasteiger partial charge on any atom is -0.340 e. The molecule has 1 saturated heterocycles. The van der Waals surface area contributed by atoms with Crippen molar-refractivity contribution in [2.24, 2.45) is 0 Å². The summed E-state index contributed by atoms with van der Waals surface area (Å²) in [6.07, 6.45) is 1.24. The van der Waals surface area contributed by atoms with Crippen LogP contribution in [0, 0.1) is 0 Å². The summed E-state index contributed by atoms with van der Waals surface area (Å²) in [6.45, 7) is 0.796. The van der Waals surface area contributed by atoms with E-state index in [9.17, 15) is 13.2 Å². The van der Waals surface area contributed by atoms with Crippen molar-refractivity contribution in [3.8, 4) is 0 Å². The molecule has 1 aromatic heterocycles. The average molecular weight is 399 g/mol. The van der Waals surface area contributed by atoms with Crippen LogP contribution >= 0.6 is 22.9 Å². The van der Waals surface area contributed by atoms with E-state index in [-0.39, 0.29) is 10.1 Å². The molecule has 134 valence electrons. The third-order valence-electron chi connectivity index (χ3n) is 4.26. The molecule has 1 aromatic carbocycles. The Morgan fingerprint density at radius 2 is 2.04 bits per heavy atom. The van der Waals surface area contributed by atoms with Crippen molar-refractivity contribution in [1.29, 1.82) is 0 Å². The zero-order valence-corrected chi connectivity index (χ0v) is 16.1. The third-order valence-corrected chi connectivity index (χ3v) is 7.79. The monoisotopic (exact) mass is 398 g/mol. The summed E-state index contributed by atoms with van der Waals surface area (Å²) >= 11 is 7.06. The van der Waals surface area contributed by atoms with E-state index >= 15 is 0 Å². The number of carbonyl (C=O) groups excluding carboxylic acids is 1. The Morgan fingerprint density at radius 3 is 2.68 bits per heavy atom. The molecule has 25 heavy (non-hydrogen) atoms. The maximum atomic E-state index is 12.8. The number of rotatable bonds is 5. The molecule has 0 radical (unpaired) electrons. The first-order valence-corrected chi connectivity index (χ1v) is 10.6. The minimum absolute atomic E-state index is 0.174.